The van der Waals surface area contributed by atoms with E-state index in [1.165, 1.54) is 19.3 Å². The van der Waals surface area contributed by atoms with Gasteiger partial charge in [0.05, 0.1) is 17.6 Å². The SMILES string of the molecule is Nc1ccc2nc(CN3CCCCC3CCO)[nH]c2c1. The van der Waals surface area contributed by atoms with E-state index in [-0.39, 0.29) is 6.61 Å². The highest BCUT2D eigenvalue weighted by Gasteiger charge is 2.22. The van der Waals surface area contributed by atoms with E-state index in [2.05, 4.69) is 14.9 Å². The summed E-state index contributed by atoms with van der Waals surface area (Å²) in [5.74, 6) is 0.982. The average Bonchev–Trinajstić information content (AvgIpc) is 2.82. The first-order valence-corrected chi connectivity index (χ1v) is 7.35. The van der Waals surface area contributed by atoms with Crippen molar-refractivity contribution < 1.29 is 5.11 Å². The van der Waals surface area contributed by atoms with E-state index in [9.17, 15) is 5.11 Å². The Bertz CT molecular complexity index is 578. The zero-order valence-corrected chi connectivity index (χ0v) is 11.7. The number of nitrogen functional groups attached to an aromatic ring is 1. The molecule has 2 aromatic rings. The Morgan fingerprint density at radius 1 is 1.40 bits per heavy atom. The number of nitrogens with zero attached hydrogens (tertiary/aromatic N) is 2. The van der Waals surface area contributed by atoms with Crippen molar-refractivity contribution in [1.29, 1.82) is 0 Å². The Morgan fingerprint density at radius 3 is 3.15 bits per heavy atom. The van der Waals surface area contributed by atoms with Crippen LogP contribution in [0, 0.1) is 0 Å². The number of H-pyrrole nitrogens is 1. The standard InChI is InChI=1S/C15H22N4O/c16-11-4-5-13-14(9-11)18-15(17-13)10-19-7-2-1-3-12(19)6-8-20/h4-5,9,12,20H,1-3,6-8,10,16H2,(H,17,18). The van der Waals surface area contributed by atoms with Crippen LogP contribution in [-0.4, -0.2) is 39.2 Å². The third-order valence-corrected chi connectivity index (χ3v) is 4.12. The first kappa shape index (κ1) is 13.4. The molecule has 0 radical (unpaired) electrons. The Morgan fingerprint density at radius 2 is 2.30 bits per heavy atom. The molecule has 1 saturated heterocycles. The molecule has 108 valence electrons. The van der Waals surface area contributed by atoms with E-state index in [1.807, 2.05) is 18.2 Å². The molecule has 1 aromatic heterocycles. The Balaban J connectivity index is 1.77. The van der Waals surface area contributed by atoms with Crippen LogP contribution in [0.3, 0.4) is 0 Å². The summed E-state index contributed by atoms with van der Waals surface area (Å²) < 4.78 is 0. The predicted molar refractivity (Wildman–Crippen MR) is 80.3 cm³/mol. The number of rotatable bonds is 4. The summed E-state index contributed by atoms with van der Waals surface area (Å²) in [7, 11) is 0. The lowest BCUT2D eigenvalue weighted by molar-refractivity contribution is 0.110. The molecule has 1 aliphatic heterocycles. The van der Waals surface area contributed by atoms with Crippen molar-refractivity contribution in [3.63, 3.8) is 0 Å². The van der Waals surface area contributed by atoms with Gasteiger partial charge >= 0.3 is 0 Å². The lowest BCUT2D eigenvalue weighted by Gasteiger charge is -2.34. The molecule has 1 unspecified atom stereocenters. The molecule has 1 fully saturated rings. The molecule has 1 aromatic carbocycles. The van der Waals surface area contributed by atoms with Crippen LogP contribution < -0.4 is 5.73 Å². The van der Waals surface area contributed by atoms with E-state index < -0.39 is 0 Å². The van der Waals surface area contributed by atoms with Gasteiger partial charge in [0.15, 0.2) is 0 Å². The minimum atomic E-state index is 0.262. The summed E-state index contributed by atoms with van der Waals surface area (Å²) in [5.41, 5.74) is 8.51. The maximum atomic E-state index is 9.18. The minimum absolute atomic E-state index is 0.262. The van der Waals surface area contributed by atoms with Crippen molar-refractivity contribution in [2.24, 2.45) is 0 Å². The summed E-state index contributed by atoms with van der Waals surface area (Å²) in [6.07, 6.45) is 4.52. The molecule has 0 amide bonds. The first-order chi connectivity index (χ1) is 9.76. The number of aliphatic hydroxyl groups excluding tert-OH is 1. The molecule has 0 bridgehead atoms. The number of nitrogens with two attached hydrogens (primary N) is 1. The molecular weight excluding hydrogens is 252 g/mol. The van der Waals surface area contributed by atoms with Gasteiger partial charge in [0.2, 0.25) is 0 Å². The number of piperidine rings is 1. The fraction of sp³-hybridized carbons (Fsp3) is 0.533. The number of aliphatic hydroxyl groups is 1. The van der Waals surface area contributed by atoms with Crippen molar-refractivity contribution in [3.8, 4) is 0 Å². The number of likely N-dealkylation sites (tertiary alicyclic amines) is 1. The number of hydrogen-bond donors (Lipinski definition) is 3. The van der Waals surface area contributed by atoms with Crippen molar-refractivity contribution >= 4 is 16.7 Å². The second-order valence-electron chi connectivity index (χ2n) is 5.59. The maximum Gasteiger partial charge on any atom is 0.121 e. The van der Waals surface area contributed by atoms with Crippen LogP contribution in [-0.2, 0) is 6.54 Å². The number of benzene rings is 1. The molecule has 20 heavy (non-hydrogen) atoms. The largest absolute Gasteiger partial charge is 0.399 e. The van der Waals surface area contributed by atoms with Crippen LogP contribution in [0.4, 0.5) is 5.69 Å². The molecule has 5 nitrogen and oxygen atoms in total. The quantitative estimate of drug-likeness (QED) is 0.744. The molecule has 1 atom stereocenters. The van der Waals surface area contributed by atoms with Gasteiger partial charge in [0, 0.05) is 18.3 Å². The van der Waals surface area contributed by atoms with Gasteiger partial charge in [-0.25, -0.2) is 4.98 Å². The average molecular weight is 274 g/mol. The van der Waals surface area contributed by atoms with Gasteiger partial charge in [-0.1, -0.05) is 6.42 Å². The normalized spacial score (nSPS) is 20.6. The van der Waals surface area contributed by atoms with Crippen molar-refractivity contribution in [2.45, 2.75) is 38.3 Å². The molecule has 4 N–H and O–H groups in total. The molecular formula is C15H22N4O. The van der Waals surface area contributed by atoms with Gasteiger partial charge < -0.3 is 15.8 Å². The fourth-order valence-corrected chi connectivity index (χ4v) is 3.09. The predicted octanol–water partition coefficient (Wildman–Crippen LogP) is 1.88. The van der Waals surface area contributed by atoms with Crippen LogP contribution in [0.2, 0.25) is 0 Å². The van der Waals surface area contributed by atoms with Gasteiger partial charge in [-0.15, -0.1) is 0 Å². The maximum absolute atomic E-state index is 9.18. The molecule has 2 heterocycles. The first-order valence-electron chi connectivity index (χ1n) is 7.35. The van der Waals surface area contributed by atoms with Gasteiger partial charge in [-0.3, -0.25) is 4.90 Å². The summed E-state index contributed by atoms with van der Waals surface area (Å²) >= 11 is 0. The number of anilines is 1. The fourth-order valence-electron chi connectivity index (χ4n) is 3.09. The second kappa shape index (κ2) is 5.81. The van der Waals surface area contributed by atoms with E-state index >= 15 is 0 Å². The van der Waals surface area contributed by atoms with Crippen LogP contribution in [0.1, 0.15) is 31.5 Å². The van der Waals surface area contributed by atoms with Crippen LogP contribution in [0.15, 0.2) is 18.2 Å². The summed E-state index contributed by atoms with van der Waals surface area (Å²) in [4.78, 5) is 10.4. The summed E-state index contributed by atoms with van der Waals surface area (Å²) in [6, 6.07) is 6.23. The Hall–Kier alpha value is -1.59. The molecule has 0 saturated carbocycles. The highest BCUT2D eigenvalue weighted by atomic mass is 16.3. The number of hydrogen-bond acceptors (Lipinski definition) is 4. The third-order valence-electron chi connectivity index (χ3n) is 4.12. The lowest BCUT2D eigenvalue weighted by Crippen LogP contribution is -2.39. The smallest absolute Gasteiger partial charge is 0.121 e. The Kier molecular flexibility index (Phi) is 3.89. The monoisotopic (exact) mass is 274 g/mol. The van der Waals surface area contributed by atoms with Crippen LogP contribution in [0.25, 0.3) is 11.0 Å². The summed E-state index contributed by atoms with van der Waals surface area (Å²) in [5, 5.41) is 9.18. The van der Waals surface area contributed by atoms with Gasteiger partial charge in [-0.05, 0) is 44.0 Å². The summed E-state index contributed by atoms with van der Waals surface area (Å²) in [6.45, 7) is 2.17. The topological polar surface area (TPSA) is 78.2 Å². The van der Waals surface area contributed by atoms with Crippen LogP contribution >= 0.6 is 0 Å². The zero-order valence-electron chi connectivity index (χ0n) is 11.7. The minimum Gasteiger partial charge on any atom is -0.399 e. The number of nitrogens with one attached hydrogen (secondary N) is 1. The molecule has 0 spiro atoms. The highest BCUT2D eigenvalue weighted by Crippen LogP contribution is 2.22. The van der Waals surface area contributed by atoms with E-state index in [4.69, 9.17) is 5.73 Å². The van der Waals surface area contributed by atoms with Gasteiger partial charge in [0.25, 0.3) is 0 Å². The van der Waals surface area contributed by atoms with Crippen molar-refractivity contribution in [1.82, 2.24) is 14.9 Å². The van der Waals surface area contributed by atoms with Crippen molar-refractivity contribution in [2.75, 3.05) is 18.9 Å². The number of fused-ring (bicyclic) bond motifs is 1. The molecule has 5 heteroatoms. The molecule has 3 rings (SSSR count). The van der Waals surface area contributed by atoms with Gasteiger partial charge in [-0.2, -0.15) is 0 Å². The second-order valence-corrected chi connectivity index (χ2v) is 5.59. The number of imidazole rings is 1. The number of aromatic nitrogens is 2. The van der Waals surface area contributed by atoms with Gasteiger partial charge in [0.1, 0.15) is 5.82 Å². The number of aromatic amines is 1. The molecule has 1 aliphatic rings. The zero-order chi connectivity index (χ0) is 13.9. The Labute approximate surface area is 118 Å². The molecule has 0 aliphatic carbocycles. The lowest BCUT2D eigenvalue weighted by atomic mass is 10.00. The van der Waals surface area contributed by atoms with E-state index in [0.717, 1.165) is 42.1 Å². The van der Waals surface area contributed by atoms with E-state index in [0.29, 0.717) is 6.04 Å². The van der Waals surface area contributed by atoms with Crippen LogP contribution in [0.5, 0.6) is 0 Å². The van der Waals surface area contributed by atoms with E-state index in [1.54, 1.807) is 0 Å². The highest BCUT2D eigenvalue weighted by molar-refractivity contribution is 5.78. The third kappa shape index (κ3) is 2.78. The van der Waals surface area contributed by atoms with Crippen molar-refractivity contribution in [3.05, 3.63) is 24.0 Å².